The van der Waals surface area contributed by atoms with Crippen LogP contribution in [-0.2, 0) is 22.6 Å². The monoisotopic (exact) mass is 499 g/mol. The average Bonchev–Trinajstić information content (AvgIpc) is 3.29. The second-order valence-electron chi connectivity index (χ2n) is 8.74. The molecule has 36 heavy (non-hydrogen) atoms. The molecule has 0 aliphatic rings. The number of nitrogens with one attached hydrogen (secondary N) is 2. The van der Waals surface area contributed by atoms with Crippen LogP contribution in [0, 0.1) is 6.92 Å². The molecular weight excluding hydrogens is 468 g/mol. The maximum Gasteiger partial charge on any atom is 0.341 e. The number of carbonyl (C=O) groups is 2. The van der Waals surface area contributed by atoms with E-state index in [9.17, 15) is 9.59 Å². The van der Waals surface area contributed by atoms with Crippen LogP contribution in [0.15, 0.2) is 90.3 Å². The first kappa shape index (κ1) is 25.4. The predicted molar refractivity (Wildman–Crippen MR) is 145 cm³/mol. The molecule has 0 spiro atoms. The van der Waals surface area contributed by atoms with Crippen LogP contribution in [0.2, 0.25) is 0 Å². The first-order valence-electron chi connectivity index (χ1n) is 12.1. The van der Waals surface area contributed by atoms with Crippen molar-refractivity contribution in [2.45, 2.75) is 26.9 Å². The Bertz CT molecular complexity index is 1240. The molecule has 1 aromatic heterocycles. The molecule has 0 saturated heterocycles. The summed E-state index contributed by atoms with van der Waals surface area (Å²) >= 11 is 1.35. The highest BCUT2D eigenvalue weighted by Crippen LogP contribution is 2.36. The number of amides is 1. The molecule has 0 saturated carbocycles. The summed E-state index contributed by atoms with van der Waals surface area (Å²) in [6.45, 7) is 5.77. The number of hydrogen-bond acceptors (Lipinski definition) is 4. The maximum atomic E-state index is 13.2. The van der Waals surface area contributed by atoms with Gasteiger partial charge in [-0.25, -0.2) is 4.79 Å². The molecule has 3 aromatic carbocycles. The molecule has 0 aliphatic heterocycles. The lowest BCUT2D eigenvalue weighted by Crippen LogP contribution is -3.10. The normalized spacial score (nSPS) is 10.9. The van der Waals surface area contributed by atoms with E-state index in [0.717, 1.165) is 21.6 Å². The summed E-state index contributed by atoms with van der Waals surface area (Å²) in [5.74, 6) is -0.567. The first-order valence-corrected chi connectivity index (χ1v) is 13.0. The van der Waals surface area contributed by atoms with Crippen molar-refractivity contribution < 1.29 is 19.2 Å². The summed E-state index contributed by atoms with van der Waals surface area (Å²) < 4.78 is 5.34. The predicted octanol–water partition coefficient (Wildman–Crippen LogP) is 5.12. The Hall–Kier alpha value is -3.74. The molecule has 0 unspecified atom stereocenters. The van der Waals surface area contributed by atoms with Crippen molar-refractivity contribution in [2.24, 2.45) is 0 Å². The summed E-state index contributed by atoms with van der Waals surface area (Å²) in [6.07, 6.45) is 0. The molecule has 1 amide bonds. The number of rotatable bonds is 10. The Kier molecular flexibility index (Phi) is 8.66. The Morgan fingerprint density at radius 2 is 1.44 bits per heavy atom. The quantitative estimate of drug-likeness (QED) is 0.298. The molecule has 0 atom stereocenters. The van der Waals surface area contributed by atoms with Crippen LogP contribution in [0.3, 0.4) is 0 Å². The Labute approximate surface area is 216 Å². The second kappa shape index (κ2) is 12.3. The molecular formula is C30H31N2O3S+. The molecule has 184 valence electrons. The van der Waals surface area contributed by atoms with E-state index in [1.54, 1.807) is 6.92 Å². The number of hydrogen-bond donors (Lipinski definition) is 2. The fourth-order valence-electron chi connectivity index (χ4n) is 4.16. The summed E-state index contributed by atoms with van der Waals surface area (Å²) in [4.78, 5) is 27.3. The van der Waals surface area contributed by atoms with Crippen molar-refractivity contribution in [3.63, 3.8) is 0 Å². The molecule has 4 rings (SSSR count). The van der Waals surface area contributed by atoms with Gasteiger partial charge in [-0.05, 0) is 19.4 Å². The number of quaternary nitrogens is 1. The lowest BCUT2D eigenvalue weighted by Gasteiger charge is -2.19. The highest BCUT2D eigenvalue weighted by molar-refractivity contribution is 7.15. The van der Waals surface area contributed by atoms with E-state index < -0.39 is 5.97 Å². The van der Waals surface area contributed by atoms with Gasteiger partial charge in [-0.1, -0.05) is 90.5 Å². The van der Waals surface area contributed by atoms with Crippen molar-refractivity contribution in [2.75, 3.05) is 18.5 Å². The number of benzene rings is 3. The number of thiophene rings is 1. The fourth-order valence-corrected chi connectivity index (χ4v) is 5.13. The second-order valence-corrected chi connectivity index (χ2v) is 9.62. The number of ether oxygens (including phenoxy) is 1. The fraction of sp³-hybridized carbons (Fsp3) is 0.200. The Morgan fingerprint density at radius 1 is 0.861 bits per heavy atom. The Morgan fingerprint density at radius 3 is 2.00 bits per heavy atom. The summed E-state index contributed by atoms with van der Waals surface area (Å²) in [6, 6.07) is 28.3. The number of anilines is 1. The van der Waals surface area contributed by atoms with E-state index in [-0.39, 0.29) is 19.1 Å². The number of esters is 1. The summed E-state index contributed by atoms with van der Waals surface area (Å²) in [5, 5.41) is 5.44. The van der Waals surface area contributed by atoms with Crippen LogP contribution < -0.4 is 10.2 Å². The third-order valence-electron chi connectivity index (χ3n) is 5.89. The summed E-state index contributed by atoms with van der Waals surface area (Å²) in [7, 11) is 0. The van der Waals surface area contributed by atoms with Gasteiger partial charge >= 0.3 is 5.97 Å². The molecule has 2 N–H and O–H groups in total. The SMILES string of the molecule is CCOC(=O)c1c(-c2ccc(C)cc2)csc1NC(=O)C[NH+](Cc1ccccc1)Cc1ccccc1. The average molecular weight is 500 g/mol. The molecule has 1 heterocycles. The largest absolute Gasteiger partial charge is 0.462 e. The zero-order valence-electron chi connectivity index (χ0n) is 20.6. The van der Waals surface area contributed by atoms with Gasteiger partial charge < -0.3 is 15.0 Å². The van der Waals surface area contributed by atoms with E-state index in [0.29, 0.717) is 23.7 Å². The van der Waals surface area contributed by atoms with Crippen molar-refractivity contribution in [3.8, 4) is 11.1 Å². The third-order valence-corrected chi connectivity index (χ3v) is 6.79. The van der Waals surface area contributed by atoms with Gasteiger partial charge in [-0.3, -0.25) is 4.79 Å². The molecule has 0 bridgehead atoms. The van der Waals surface area contributed by atoms with Gasteiger partial charge in [0.05, 0.1) is 6.61 Å². The van der Waals surface area contributed by atoms with Crippen molar-refractivity contribution in [1.82, 2.24) is 0 Å². The van der Waals surface area contributed by atoms with Gasteiger partial charge in [-0.15, -0.1) is 11.3 Å². The van der Waals surface area contributed by atoms with Gasteiger partial charge in [0.1, 0.15) is 23.7 Å². The topological polar surface area (TPSA) is 59.8 Å². The van der Waals surface area contributed by atoms with Crippen LogP contribution in [0.1, 0.15) is 34.0 Å². The molecule has 0 fully saturated rings. The van der Waals surface area contributed by atoms with Gasteiger partial charge in [0.25, 0.3) is 5.91 Å². The third kappa shape index (κ3) is 6.68. The molecule has 6 heteroatoms. The molecule has 5 nitrogen and oxygen atoms in total. The smallest absolute Gasteiger partial charge is 0.341 e. The minimum atomic E-state index is -0.428. The molecule has 4 aromatic rings. The zero-order chi connectivity index (χ0) is 25.3. The lowest BCUT2D eigenvalue weighted by atomic mass is 10.0. The van der Waals surface area contributed by atoms with Crippen molar-refractivity contribution in [3.05, 3.63) is 113 Å². The lowest BCUT2D eigenvalue weighted by molar-refractivity contribution is -0.919. The van der Waals surface area contributed by atoms with Crippen LogP contribution in [-0.4, -0.2) is 25.0 Å². The summed E-state index contributed by atoms with van der Waals surface area (Å²) in [5.41, 5.74) is 5.57. The maximum absolute atomic E-state index is 13.2. The standard InChI is InChI=1S/C30H30N2O3S/c1-3-35-30(34)28-26(25-16-14-22(2)15-17-25)21-36-29(28)31-27(33)20-32(18-23-10-6-4-7-11-23)19-24-12-8-5-9-13-24/h4-17,21H,3,18-20H2,1-2H3,(H,31,33)/p+1. The van der Waals surface area contributed by atoms with E-state index >= 15 is 0 Å². The van der Waals surface area contributed by atoms with Gasteiger partial charge in [0.2, 0.25) is 0 Å². The van der Waals surface area contributed by atoms with Gasteiger partial charge in [-0.2, -0.15) is 0 Å². The number of aryl methyl sites for hydroxylation is 1. The van der Waals surface area contributed by atoms with Crippen LogP contribution >= 0.6 is 11.3 Å². The van der Waals surface area contributed by atoms with Gasteiger partial charge in [0.15, 0.2) is 6.54 Å². The Balaban J connectivity index is 1.55. The van der Waals surface area contributed by atoms with Crippen LogP contribution in [0.25, 0.3) is 11.1 Å². The van der Waals surface area contributed by atoms with E-state index in [2.05, 4.69) is 29.6 Å². The highest BCUT2D eigenvalue weighted by Gasteiger charge is 2.24. The van der Waals surface area contributed by atoms with E-state index in [1.807, 2.05) is 73.0 Å². The van der Waals surface area contributed by atoms with Crippen molar-refractivity contribution >= 4 is 28.2 Å². The number of carbonyl (C=O) groups excluding carboxylic acids is 2. The minimum absolute atomic E-state index is 0.139. The highest BCUT2D eigenvalue weighted by atomic mass is 32.1. The van der Waals surface area contributed by atoms with Crippen molar-refractivity contribution in [1.29, 1.82) is 0 Å². The van der Waals surface area contributed by atoms with E-state index in [1.165, 1.54) is 22.5 Å². The van der Waals surface area contributed by atoms with Gasteiger partial charge in [0, 0.05) is 22.1 Å². The van der Waals surface area contributed by atoms with E-state index in [4.69, 9.17) is 4.74 Å². The molecule has 0 radical (unpaired) electrons. The van der Waals surface area contributed by atoms with Crippen LogP contribution in [0.5, 0.6) is 0 Å². The molecule has 0 aliphatic carbocycles. The first-order chi connectivity index (χ1) is 17.5. The zero-order valence-corrected chi connectivity index (χ0v) is 21.4. The van der Waals surface area contributed by atoms with Crippen LogP contribution in [0.4, 0.5) is 5.00 Å². The minimum Gasteiger partial charge on any atom is -0.462 e.